The van der Waals surface area contributed by atoms with Crippen LogP contribution in [0.15, 0.2) is 199 Å². The van der Waals surface area contributed by atoms with Gasteiger partial charge in [0.1, 0.15) is 5.52 Å². The van der Waals surface area contributed by atoms with E-state index in [1.807, 2.05) is 60.7 Å². The summed E-state index contributed by atoms with van der Waals surface area (Å²) in [4.78, 5) is 20.3. The molecule has 8 aromatic carbocycles. The minimum atomic E-state index is 0.555. The van der Waals surface area contributed by atoms with Crippen molar-refractivity contribution < 1.29 is 4.42 Å². The van der Waals surface area contributed by atoms with E-state index in [0.29, 0.717) is 23.5 Å². The lowest BCUT2D eigenvalue weighted by Crippen LogP contribution is -2.00. The summed E-state index contributed by atoms with van der Waals surface area (Å²) in [6.45, 7) is 0. The molecular formula is C52H32N6O. The third-order valence-corrected chi connectivity index (χ3v) is 11.2. The summed E-state index contributed by atoms with van der Waals surface area (Å²) in [5.41, 5.74) is 12.0. The molecular weight excluding hydrogens is 725 g/mol. The van der Waals surface area contributed by atoms with Gasteiger partial charge in [0.2, 0.25) is 0 Å². The number of aromatic nitrogens is 6. The van der Waals surface area contributed by atoms with Gasteiger partial charge >= 0.3 is 6.01 Å². The van der Waals surface area contributed by atoms with Gasteiger partial charge in [-0.1, -0.05) is 140 Å². The van der Waals surface area contributed by atoms with Crippen LogP contribution in [0.1, 0.15) is 0 Å². The fourth-order valence-corrected chi connectivity index (χ4v) is 8.53. The molecule has 0 fully saturated rings. The van der Waals surface area contributed by atoms with E-state index in [9.17, 15) is 0 Å². The van der Waals surface area contributed by atoms with Crippen molar-refractivity contribution in [3.63, 3.8) is 0 Å². The molecule has 0 atom stereocenters. The normalized spacial score (nSPS) is 11.7. The van der Waals surface area contributed by atoms with Crippen LogP contribution in [-0.4, -0.2) is 29.1 Å². The highest BCUT2D eigenvalue weighted by Gasteiger charge is 2.21. The van der Waals surface area contributed by atoms with Gasteiger partial charge in [0.25, 0.3) is 0 Å². The van der Waals surface area contributed by atoms with Gasteiger partial charge in [-0.2, -0.15) is 4.98 Å². The van der Waals surface area contributed by atoms with Crippen LogP contribution in [0.4, 0.5) is 0 Å². The van der Waals surface area contributed by atoms with E-state index in [4.69, 9.17) is 24.4 Å². The summed E-state index contributed by atoms with van der Waals surface area (Å²) in [5, 5.41) is 4.51. The van der Waals surface area contributed by atoms with Crippen molar-refractivity contribution in [2.45, 2.75) is 0 Å². The number of hydrogen-bond donors (Lipinski definition) is 0. The fraction of sp³-hybridized carbons (Fsp3) is 0. The second-order valence-corrected chi connectivity index (χ2v) is 14.7. The van der Waals surface area contributed by atoms with Gasteiger partial charge in [-0.25, -0.2) is 15.0 Å². The largest absolute Gasteiger partial charge is 0.423 e. The maximum atomic E-state index is 6.27. The minimum absolute atomic E-state index is 0.555. The van der Waals surface area contributed by atoms with Crippen molar-refractivity contribution in [2.75, 3.05) is 0 Å². The molecule has 0 saturated carbocycles. The highest BCUT2D eigenvalue weighted by molar-refractivity contribution is 6.15. The highest BCUT2D eigenvalue weighted by atomic mass is 16.4. The van der Waals surface area contributed by atoms with Gasteiger partial charge in [-0.05, 0) is 65.7 Å². The average molecular weight is 757 g/mol. The van der Waals surface area contributed by atoms with Crippen molar-refractivity contribution in [3.05, 3.63) is 194 Å². The highest BCUT2D eigenvalue weighted by Crippen LogP contribution is 2.39. The monoisotopic (exact) mass is 756 g/mol. The molecule has 0 bridgehead atoms. The molecule has 4 heterocycles. The first-order valence-electron chi connectivity index (χ1n) is 19.6. The molecule has 0 radical (unpaired) electrons. The number of nitrogens with zero attached hydrogens (tertiary/aromatic N) is 6. The lowest BCUT2D eigenvalue weighted by Gasteiger charge is -2.11. The molecule has 0 spiro atoms. The first kappa shape index (κ1) is 33.0. The molecule has 12 rings (SSSR count). The van der Waals surface area contributed by atoms with Crippen LogP contribution in [0, 0.1) is 0 Å². The molecule has 0 saturated heterocycles. The standard InChI is InChI=1S/C52H32N6O/c1-3-14-34(15-4-1)49-54-50(56-51(55-49)40-20-13-24-46-48(40)39-19-8-11-23-44(39)57(46)37-16-5-2-6-17-37)35-28-26-33(27-29-35)36-30-31-45-41(32-36)38-18-7-10-22-43(38)58(45)52-53-42-21-9-12-25-47(42)59-52/h1-32H. The molecule has 0 aliphatic heterocycles. The van der Waals surface area contributed by atoms with Crippen LogP contribution in [0.25, 0.3) is 112 Å². The summed E-state index contributed by atoms with van der Waals surface area (Å²) in [5.74, 6) is 1.86. The fourth-order valence-electron chi connectivity index (χ4n) is 8.53. The molecule has 59 heavy (non-hydrogen) atoms. The Morgan fingerprint density at radius 1 is 0.356 bits per heavy atom. The molecule has 7 nitrogen and oxygen atoms in total. The van der Waals surface area contributed by atoms with Crippen LogP contribution in [0.2, 0.25) is 0 Å². The van der Waals surface area contributed by atoms with Gasteiger partial charge in [0.05, 0.1) is 22.1 Å². The first-order valence-corrected chi connectivity index (χ1v) is 19.6. The molecule has 0 aliphatic rings. The maximum absolute atomic E-state index is 6.27. The third kappa shape index (κ3) is 5.36. The zero-order valence-corrected chi connectivity index (χ0v) is 31.6. The second-order valence-electron chi connectivity index (χ2n) is 14.7. The number of fused-ring (bicyclic) bond motifs is 7. The van der Waals surface area contributed by atoms with Gasteiger partial charge in [-0.3, -0.25) is 4.57 Å². The lowest BCUT2D eigenvalue weighted by atomic mass is 10.0. The molecule has 7 heteroatoms. The smallest absolute Gasteiger partial charge is 0.307 e. The number of benzene rings is 8. The van der Waals surface area contributed by atoms with Crippen LogP contribution in [-0.2, 0) is 0 Å². The van der Waals surface area contributed by atoms with Crippen LogP contribution >= 0.6 is 0 Å². The molecule has 0 amide bonds. The number of rotatable bonds is 6. The van der Waals surface area contributed by atoms with E-state index in [2.05, 4.69) is 143 Å². The first-order chi connectivity index (χ1) is 29.2. The number of para-hydroxylation sites is 5. The Hall–Kier alpha value is -8.16. The average Bonchev–Trinajstić information content (AvgIpc) is 3.99. The predicted octanol–water partition coefficient (Wildman–Crippen LogP) is 12.9. The van der Waals surface area contributed by atoms with Crippen LogP contribution in [0.3, 0.4) is 0 Å². The van der Waals surface area contributed by atoms with E-state index in [-0.39, 0.29) is 0 Å². The van der Waals surface area contributed by atoms with Crippen molar-refractivity contribution >= 4 is 54.7 Å². The van der Waals surface area contributed by atoms with Gasteiger partial charge in [-0.15, -0.1) is 0 Å². The van der Waals surface area contributed by atoms with Gasteiger partial charge < -0.3 is 8.98 Å². The Morgan fingerprint density at radius 3 is 1.71 bits per heavy atom. The Bertz CT molecular complexity index is 3510. The topological polar surface area (TPSA) is 74.6 Å². The van der Waals surface area contributed by atoms with Crippen LogP contribution in [0.5, 0.6) is 0 Å². The van der Waals surface area contributed by atoms with Crippen molar-refractivity contribution in [2.24, 2.45) is 0 Å². The van der Waals surface area contributed by atoms with E-state index < -0.39 is 0 Å². The van der Waals surface area contributed by atoms with Crippen molar-refractivity contribution in [1.82, 2.24) is 29.1 Å². The summed E-state index contributed by atoms with van der Waals surface area (Å²) < 4.78 is 10.7. The number of oxazole rings is 1. The molecule has 4 aromatic heterocycles. The minimum Gasteiger partial charge on any atom is -0.423 e. The molecule has 0 N–H and O–H groups in total. The molecule has 0 unspecified atom stereocenters. The Balaban J connectivity index is 0.981. The third-order valence-electron chi connectivity index (χ3n) is 11.2. The van der Waals surface area contributed by atoms with E-state index in [0.717, 1.165) is 88.2 Å². The zero-order chi connectivity index (χ0) is 38.9. The summed E-state index contributed by atoms with van der Waals surface area (Å²) >= 11 is 0. The zero-order valence-electron chi connectivity index (χ0n) is 31.6. The number of hydrogen-bond acceptors (Lipinski definition) is 5. The summed E-state index contributed by atoms with van der Waals surface area (Å²) in [7, 11) is 0. The molecule has 12 aromatic rings. The quantitative estimate of drug-likeness (QED) is 0.169. The maximum Gasteiger partial charge on any atom is 0.307 e. The Kier molecular flexibility index (Phi) is 7.40. The van der Waals surface area contributed by atoms with Gasteiger partial charge in [0, 0.05) is 43.9 Å². The van der Waals surface area contributed by atoms with Gasteiger partial charge in [0.15, 0.2) is 23.1 Å². The lowest BCUT2D eigenvalue weighted by molar-refractivity contribution is 0.574. The van der Waals surface area contributed by atoms with Crippen molar-refractivity contribution in [3.8, 4) is 57.0 Å². The summed E-state index contributed by atoms with van der Waals surface area (Å²) in [6, 6.07) is 67.5. The Morgan fingerprint density at radius 2 is 0.932 bits per heavy atom. The van der Waals surface area contributed by atoms with E-state index in [1.54, 1.807) is 0 Å². The van der Waals surface area contributed by atoms with Crippen LogP contribution < -0.4 is 0 Å². The van der Waals surface area contributed by atoms with Crippen molar-refractivity contribution in [1.29, 1.82) is 0 Å². The van der Waals surface area contributed by atoms with E-state index >= 15 is 0 Å². The predicted molar refractivity (Wildman–Crippen MR) is 238 cm³/mol. The molecule has 276 valence electrons. The van der Waals surface area contributed by atoms with E-state index in [1.165, 1.54) is 0 Å². The Labute approximate surface area is 338 Å². The SMILES string of the molecule is c1ccc(-c2nc(-c3ccc(-c4ccc5c(c4)c4ccccc4n5-c4nc5ccccc5o4)cc3)nc(-c3cccc4c3c3ccccc3n4-c3ccccc3)n2)cc1. The summed E-state index contributed by atoms with van der Waals surface area (Å²) in [6.07, 6.45) is 0. The second kappa shape index (κ2) is 13.2. The molecule has 0 aliphatic carbocycles.